The first-order chi connectivity index (χ1) is 18.3. The molecule has 0 aromatic rings. The average molecular weight is 522 g/mol. The van der Waals surface area contributed by atoms with Crippen molar-refractivity contribution in [2.45, 2.75) is 213 Å². The Labute approximate surface area is 237 Å². The van der Waals surface area contributed by atoms with Gasteiger partial charge in [-0.2, -0.15) is 0 Å². The van der Waals surface area contributed by atoms with Crippen LogP contribution in [0.5, 0.6) is 0 Å². The van der Waals surface area contributed by atoms with Gasteiger partial charge in [-0.15, -0.1) is 0 Å². The van der Waals surface area contributed by atoms with E-state index in [2.05, 4.69) is 25.7 Å². The lowest BCUT2D eigenvalue weighted by Gasteiger charge is -2.22. The zero-order valence-corrected chi connectivity index (χ0v) is 26.8. The summed E-state index contributed by atoms with van der Waals surface area (Å²) in [7, 11) is 0. The van der Waals surface area contributed by atoms with E-state index in [1.54, 1.807) is 0 Å². The number of unbranched alkanes of at least 4 members (excludes halogenated alkanes) is 27. The molecule has 0 N–H and O–H groups in total. The Bertz CT molecular complexity index is 361. The van der Waals surface area contributed by atoms with Gasteiger partial charge in [-0.3, -0.25) is 0 Å². The molecule has 0 radical (unpaired) electrons. The number of rotatable bonds is 33. The van der Waals surface area contributed by atoms with Crippen LogP contribution in [0.4, 0.5) is 0 Å². The van der Waals surface area contributed by atoms with E-state index in [4.69, 9.17) is 0 Å². The summed E-state index contributed by atoms with van der Waals surface area (Å²) in [4.78, 5) is 2.84. The number of hydrogen-bond acceptors (Lipinski definition) is 1. The fourth-order valence-electron chi connectivity index (χ4n) is 5.80. The smallest absolute Gasteiger partial charge is 0.00187 e. The Morgan fingerprint density at radius 3 is 0.568 bits per heavy atom. The third kappa shape index (κ3) is 32.1. The van der Waals surface area contributed by atoms with Gasteiger partial charge in [-0.25, -0.2) is 0 Å². The molecule has 1 nitrogen and oxygen atoms in total. The predicted molar refractivity (Wildman–Crippen MR) is 172 cm³/mol. The van der Waals surface area contributed by atoms with Crippen molar-refractivity contribution in [2.75, 3.05) is 19.6 Å². The van der Waals surface area contributed by atoms with Crippen LogP contribution >= 0.6 is 0 Å². The van der Waals surface area contributed by atoms with E-state index in [1.807, 2.05) is 0 Å². The second-order valence-corrected chi connectivity index (χ2v) is 12.4. The maximum absolute atomic E-state index is 2.84. The van der Waals surface area contributed by atoms with E-state index < -0.39 is 0 Å². The summed E-state index contributed by atoms with van der Waals surface area (Å²) >= 11 is 0. The molecule has 1 heteroatoms. The molecule has 0 spiro atoms. The van der Waals surface area contributed by atoms with Gasteiger partial charge in [0, 0.05) is 0 Å². The van der Waals surface area contributed by atoms with Crippen molar-refractivity contribution in [3.63, 3.8) is 0 Å². The predicted octanol–water partition coefficient (Wildman–Crippen LogP) is 13.1. The lowest BCUT2D eigenvalue weighted by Crippen LogP contribution is -2.27. The molecule has 0 bridgehead atoms. The van der Waals surface area contributed by atoms with Gasteiger partial charge in [0.05, 0.1) is 0 Å². The molecular formula is C36H75N. The van der Waals surface area contributed by atoms with Crippen LogP contribution in [0.15, 0.2) is 0 Å². The molecule has 0 unspecified atom stereocenters. The van der Waals surface area contributed by atoms with Gasteiger partial charge in [0.2, 0.25) is 0 Å². The van der Waals surface area contributed by atoms with E-state index in [0.29, 0.717) is 0 Å². The lowest BCUT2D eigenvalue weighted by atomic mass is 10.0. The summed E-state index contributed by atoms with van der Waals surface area (Å²) in [6.07, 6.45) is 43.6. The van der Waals surface area contributed by atoms with Gasteiger partial charge in [0.1, 0.15) is 0 Å². The van der Waals surface area contributed by atoms with E-state index in [1.165, 1.54) is 212 Å². The van der Waals surface area contributed by atoms with E-state index >= 15 is 0 Å². The topological polar surface area (TPSA) is 3.24 Å². The molecule has 0 rings (SSSR count). The maximum atomic E-state index is 2.84. The first-order valence-electron chi connectivity index (χ1n) is 18.1. The normalized spacial score (nSPS) is 11.7. The fraction of sp³-hybridized carbons (Fsp3) is 1.00. The van der Waals surface area contributed by atoms with Gasteiger partial charge in [-0.05, 0) is 38.9 Å². The SMILES string of the molecule is CCCCCCCCCCCCCCCCCCN(CCCCCCCCC)CCCCCCCCC. The van der Waals surface area contributed by atoms with Crippen LogP contribution in [0.25, 0.3) is 0 Å². The van der Waals surface area contributed by atoms with Gasteiger partial charge in [0.15, 0.2) is 0 Å². The molecule has 0 fully saturated rings. The molecule has 0 aliphatic heterocycles. The van der Waals surface area contributed by atoms with Crippen LogP contribution in [-0.2, 0) is 0 Å². The molecule has 0 saturated carbocycles. The summed E-state index contributed by atoms with van der Waals surface area (Å²) in [6, 6.07) is 0. The Morgan fingerprint density at radius 2 is 0.378 bits per heavy atom. The summed E-state index contributed by atoms with van der Waals surface area (Å²) in [5, 5.41) is 0. The number of nitrogens with zero attached hydrogens (tertiary/aromatic N) is 1. The van der Waals surface area contributed by atoms with Crippen LogP contribution in [0, 0.1) is 0 Å². The van der Waals surface area contributed by atoms with E-state index in [-0.39, 0.29) is 0 Å². The van der Waals surface area contributed by atoms with E-state index in [0.717, 1.165) is 0 Å². The molecule has 0 saturated heterocycles. The first-order valence-corrected chi connectivity index (χ1v) is 18.1. The van der Waals surface area contributed by atoms with Crippen LogP contribution in [0.2, 0.25) is 0 Å². The highest BCUT2D eigenvalue weighted by atomic mass is 15.1. The van der Waals surface area contributed by atoms with Crippen molar-refractivity contribution in [3.8, 4) is 0 Å². The van der Waals surface area contributed by atoms with Crippen molar-refractivity contribution in [1.29, 1.82) is 0 Å². The quantitative estimate of drug-likeness (QED) is 0.0776. The highest BCUT2D eigenvalue weighted by Crippen LogP contribution is 2.15. The van der Waals surface area contributed by atoms with Crippen molar-refractivity contribution in [1.82, 2.24) is 4.90 Å². The molecule has 0 aromatic heterocycles. The van der Waals surface area contributed by atoms with Crippen LogP contribution in [0.3, 0.4) is 0 Å². The minimum atomic E-state index is 1.36. The maximum Gasteiger partial charge on any atom is -0.00187 e. The number of hydrogen-bond donors (Lipinski definition) is 0. The second kappa shape index (κ2) is 34.0. The molecule has 0 aliphatic rings. The first kappa shape index (κ1) is 37.0. The zero-order valence-electron chi connectivity index (χ0n) is 26.8. The third-order valence-corrected chi connectivity index (χ3v) is 8.48. The van der Waals surface area contributed by atoms with Gasteiger partial charge in [-0.1, -0.05) is 194 Å². The van der Waals surface area contributed by atoms with Crippen molar-refractivity contribution < 1.29 is 0 Å². The fourth-order valence-corrected chi connectivity index (χ4v) is 5.80. The molecule has 224 valence electrons. The molecule has 0 aromatic carbocycles. The van der Waals surface area contributed by atoms with Crippen molar-refractivity contribution in [2.24, 2.45) is 0 Å². The standard InChI is InChI=1S/C36H75N/c1-4-7-10-13-16-17-18-19-20-21-22-23-24-27-30-33-36-37(34-31-28-25-14-11-8-5-2)35-32-29-26-15-12-9-6-3/h4-36H2,1-3H3. The third-order valence-electron chi connectivity index (χ3n) is 8.48. The highest BCUT2D eigenvalue weighted by Gasteiger charge is 2.05. The van der Waals surface area contributed by atoms with Gasteiger partial charge < -0.3 is 4.90 Å². The monoisotopic (exact) mass is 522 g/mol. The molecule has 0 heterocycles. The summed E-state index contributed by atoms with van der Waals surface area (Å²) in [5.74, 6) is 0. The largest absolute Gasteiger partial charge is 0.303 e. The van der Waals surface area contributed by atoms with Gasteiger partial charge >= 0.3 is 0 Å². The lowest BCUT2D eigenvalue weighted by molar-refractivity contribution is 0.254. The van der Waals surface area contributed by atoms with Crippen molar-refractivity contribution >= 4 is 0 Å². The second-order valence-electron chi connectivity index (χ2n) is 12.4. The van der Waals surface area contributed by atoms with Crippen LogP contribution < -0.4 is 0 Å². The Kier molecular flexibility index (Phi) is 34.0. The van der Waals surface area contributed by atoms with E-state index in [9.17, 15) is 0 Å². The minimum absolute atomic E-state index is 1.36. The van der Waals surface area contributed by atoms with Crippen molar-refractivity contribution in [3.05, 3.63) is 0 Å². The summed E-state index contributed by atoms with van der Waals surface area (Å²) in [5.41, 5.74) is 0. The Morgan fingerprint density at radius 1 is 0.216 bits per heavy atom. The van der Waals surface area contributed by atoms with Crippen LogP contribution in [0.1, 0.15) is 213 Å². The minimum Gasteiger partial charge on any atom is -0.303 e. The van der Waals surface area contributed by atoms with Crippen LogP contribution in [-0.4, -0.2) is 24.5 Å². The summed E-state index contributed by atoms with van der Waals surface area (Å²) < 4.78 is 0. The molecule has 0 amide bonds. The molecule has 37 heavy (non-hydrogen) atoms. The Balaban J connectivity index is 3.69. The highest BCUT2D eigenvalue weighted by molar-refractivity contribution is 4.61. The molecule has 0 aliphatic carbocycles. The zero-order chi connectivity index (χ0) is 26.9. The van der Waals surface area contributed by atoms with Gasteiger partial charge in [0.25, 0.3) is 0 Å². The molecular weight excluding hydrogens is 446 g/mol. The Hall–Kier alpha value is -0.0400. The molecule has 0 atom stereocenters. The summed E-state index contributed by atoms with van der Waals surface area (Å²) in [6.45, 7) is 11.0. The average Bonchev–Trinajstić information content (AvgIpc) is 2.91.